The molecule has 4 aliphatic heterocycles. The largest absolute Gasteiger partial charge is 0.325 e. The average molecular weight is 412 g/mol. The molecule has 3 amide bonds. The summed E-state index contributed by atoms with van der Waals surface area (Å²) in [4.78, 5) is 43.2. The van der Waals surface area contributed by atoms with Crippen molar-refractivity contribution in [2.75, 3.05) is 26.2 Å². The third-order valence-corrected chi connectivity index (χ3v) is 7.01. The topological polar surface area (TPSA) is 99.0 Å². The van der Waals surface area contributed by atoms with E-state index < -0.39 is 6.04 Å². The first-order valence-corrected chi connectivity index (χ1v) is 11.0. The Balaban J connectivity index is 1.20. The molecule has 160 valence electrons. The lowest BCUT2D eigenvalue weighted by molar-refractivity contribution is -0.136. The van der Waals surface area contributed by atoms with Gasteiger partial charge in [0, 0.05) is 50.2 Å². The molecule has 0 radical (unpaired) electrons. The predicted molar refractivity (Wildman–Crippen MR) is 110 cm³/mol. The molecule has 0 aliphatic carbocycles. The van der Waals surface area contributed by atoms with Crippen molar-refractivity contribution in [2.45, 2.75) is 56.9 Å². The van der Waals surface area contributed by atoms with Crippen LogP contribution in [0.25, 0.3) is 0 Å². The van der Waals surface area contributed by atoms with E-state index in [-0.39, 0.29) is 24.1 Å². The molecule has 30 heavy (non-hydrogen) atoms. The number of piperidine rings is 2. The molecule has 5 rings (SSSR count). The number of hydrogen-bond acceptors (Lipinski definition) is 6. The zero-order valence-electron chi connectivity index (χ0n) is 17.2. The number of likely N-dealkylation sites (tertiary alicyclic amines) is 2. The molecule has 4 heterocycles. The summed E-state index contributed by atoms with van der Waals surface area (Å²) in [5.41, 5.74) is 8.70. The first-order chi connectivity index (χ1) is 14.5. The van der Waals surface area contributed by atoms with Gasteiger partial charge in [0.1, 0.15) is 6.04 Å². The molecule has 1 aromatic carbocycles. The van der Waals surface area contributed by atoms with Gasteiger partial charge in [0.2, 0.25) is 11.8 Å². The first kappa shape index (κ1) is 19.7. The fourth-order valence-electron chi connectivity index (χ4n) is 5.25. The molecule has 3 N–H and O–H groups in total. The van der Waals surface area contributed by atoms with E-state index in [0.29, 0.717) is 30.6 Å². The van der Waals surface area contributed by atoms with Crippen LogP contribution in [0.15, 0.2) is 18.2 Å². The normalized spacial score (nSPS) is 26.6. The van der Waals surface area contributed by atoms with Crippen molar-refractivity contribution >= 4 is 17.7 Å². The van der Waals surface area contributed by atoms with E-state index in [1.807, 2.05) is 12.1 Å². The number of nitrogens with zero attached hydrogens (tertiary/aromatic N) is 3. The fraction of sp³-hybridized carbons (Fsp3) is 0.591. The van der Waals surface area contributed by atoms with Gasteiger partial charge in [0.25, 0.3) is 5.91 Å². The minimum atomic E-state index is -0.556. The standard InChI is InChI=1S/C22H29N5O3/c23-16-12-26(13-16)17-5-7-25(8-6-17)10-14-1-2-15-11-27(22(30)18(15)9-14)19-3-4-20(28)24-21(19)29/h1-2,9,16-17,19H,3-8,10-13,23H2,(H,24,28,29). The summed E-state index contributed by atoms with van der Waals surface area (Å²) in [6, 6.07) is 6.56. The van der Waals surface area contributed by atoms with Gasteiger partial charge in [-0.2, -0.15) is 0 Å². The van der Waals surface area contributed by atoms with Crippen LogP contribution in [0.1, 0.15) is 47.2 Å². The molecule has 8 heteroatoms. The Kier molecular flexibility index (Phi) is 5.08. The molecule has 0 spiro atoms. The number of carbonyl (C=O) groups is 3. The maximum atomic E-state index is 13.0. The highest BCUT2D eigenvalue weighted by Gasteiger charge is 2.39. The summed E-state index contributed by atoms with van der Waals surface area (Å²) in [5, 5.41) is 2.35. The number of carbonyl (C=O) groups excluding carboxylic acids is 3. The van der Waals surface area contributed by atoms with Crippen molar-refractivity contribution in [3.05, 3.63) is 34.9 Å². The van der Waals surface area contributed by atoms with Crippen LogP contribution >= 0.6 is 0 Å². The highest BCUT2D eigenvalue weighted by Crippen LogP contribution is 2.29. The molecule has 0 aromatic heterocycles. The Hall–Kier alpha value is -2.29. The lowest BCUT2D eigenvalue weighted by atomic mass is 9.97. The summed E-state index contributed by atoms with van der Waals surface area (Å²) in [7, 11) is 0. The van der Waals surface area contributed by atoms with Gasteiger partial charge in [-0.05, 0) is 49.5 Å². The van der Waals surface area contributed by atoms with Crippen molar-refractivity contribution in [3.63, 3.8) is 0 Å². The molecule has 3 fully saturated rings. The number of nitrogens with one attached hydrogen (secondary N) is 1. The number of nitrogens with two attached hydrogens (primary N) is 1. The second-order valence-corrected chi connectivity index (χ2v) is 9.11. The molecule has 4 aliphatic rings. The number of imide groups is 1. The van der Waals surface area contributed by atoms with Crippen LogP contribution < -0.4 is 11.1 Å². The Labute approximate surface area is 176 Å². The maximum Gasteiger partial charge on any atom is 0.255 e. The summed E-state index contributed by atoms with van der Waals surface area (Å²) >= 11 is 0. The Morgan fingerprint density at radius 1 is 1.07 bits per heavy atom. The van der Waals surface area contributed by atoms with Crippen LogP contribution in [0, 0.1) is 0 Å². The average Bonchev–Trinajstić information content (AvgIpc) is 3.02. The molecular formula is C22H29N5O3. The van der Waals surface area contributed by atoms with Crippen LogP contribution in [0.2, 0.25) is 0 Å². The smallest absolute Gasteiger partial charge is 0.255 e. The van der Waals surface area contributed by atoms with Crippen LogP contribution in [0.5, 0.6) is 0 Å². The second kappa shape index (κ2) is 7.76. The van der Waals surface area contributed by atoms with Gasteiger partial charge in [-0.1, -0.05) is 12.1 Å². The van der Waals surface area contributed by atoms with Crippen molar-refractivity contribution in [1.82, 2.24) is 20.0 Å². The zero-order valence-corrected chi connectivity index (χ0v) is 17.2. The van der Waals surface area contributed by atoms with Gasteiger partial charge >= 0.3 is 0 Å². The van der Waals surface area contributed by atoms with E-state index in [2.05, 4.69) is 21.2 Å². The van der Waals surface area contributed by atoms with Gasteiger partial charge in [0.05, 0.1) is 0 Å². The molecule has 3 saturated heterocycles. The lowest BCUT2D eigenvalue weighted by Crippen LogP contribution is -2.61. The zero-order chi connectivity index (χ0) is 20.8. The van der Waals surface area contributed by atoms with E-state index >= 15 is 0 Å². The summed E-state index contributed by atoms with van der Waals surface area (Å²) in [6.45, 7) is 5.45. The van der Waals surface area contributed by atoms with Crippen LogP contribution in [0.4, 0.5) is 0 Å². The van der Waals surface area contributed by atoms with Crippen molar-refractivity contribution in [3.8, 4) is 0 Å². The first-order valence-electron chi connectivity index (χ1n) is 11.0. The minimum absolute atomic E-state index is 0.103. The summed E-state index contributed by atoms with van der Waals surface area (Å²) in [6.07, 6.45) is 3.01. The highest BCUT2D eigenvalue weighted by atomic mass is 16.2. The molecular weight excluding hydrogens is 382 g/mol. The quantitative estimate of drug-likeness (QED) is 0.680. The molecule has 0 saturated carbocycles. The fourth-order valence-corrected chi connectivity index (χ4v) is 5.25. The van der Waals surface area contributed by atoms with Gasteiger partial charge < -0.3 is 10.6 Å². The van der Waals surface area contributed by atoms with Crippen molar-refractivity contribution in [2.24, 2.45) is 5.73 Å². The summed E-state index contributed by atoms with van der Waals surface area (Å²) in [5.74, 6) is -0.726. The number of hydrogen-bond donors (Lipinski definition) is 2. The van der Waals surface area contributed by atoms with Gasteiger partial charge in [-0.3, -0.25) is 29.5 Å². The van der Waals surface area contributed by atoms with Gasteiger partial charge in [0.15, 0.2) is 0 Å². The summed E-state index contributed by atoms with van der Waals surface area (Å²) < 4.78 is 0. The monoisotopic (exact) mass is 411 g/mol. The molecule has 1 aromatic rings. The number of rotatable bonds is 4. The Morgan fingerprint density at radius 2 is 1.83 bits per heavy atom. The maximum absolute atomic E-state index is 13.0. The van der Waals surface area contributed by atoms with E-state index in [0.717, 1.165) is 43.9 Å². The third-order valence-electron chi connectivity index (χ3n) is 7.01. The van der Waals surface area contributed by atoms with Crippen LogP contribution in [-0.4, -0.2) is 76.7 Å². The Bertz CT molecular complexity index is 874. The Morgan fingerprint density at radius 3 is 2.53 bits per heavy atom. The number of benzene rings is 1. The van der Waals surface area contributed by atoms with Crippen molar-refractivity contribution in [1.29, 1.82) is 0 Å². The predicted octanol–water partition coefficient (Wildman–Crippen LogP) is 0.0549. The van der Waals surface area contributed by atoms with Gasteiger partial charge in [-0.25, -0.2) is 0 Å². The molecule has 8 nitrogen and oxygen atoms in total. The van der Waals surface area contributed by atoms with Gasteiger partial charge in [-0.15, -0.1) is 0 Å². The lowest BCUT2D eigenvalue weighted by Gasteiger charge is -2.46. The minimum Gasteiger partial charge on any atom is -0.325 e. The van der Waals surface area contributed by atoms with E-state index in [4.69, 9.17) is 5.73 Å². The van der Waals surface area contributed by atoms with Crippen LogP contribution in [-0.2, 0) is 22.7 Å². The van der Waals surface area contributed by atoms with Crippen molar-refractivity contribution < 1.29 is 14.4 Å². The number of fused-ring (bicyclic) bond motifs is 1. The number of amides is 3. The molecule has 1 atom stereocenters. The molecule has 0 bridgehead atoms. The van der Waals surface area contributed by atoms with E-state index in [9.17, 15) is 14.4 Å². The highest BCUT2D eigenvalue weighted by molar-refractivity contribution is 6.05. The van der Waals surface area contributed by atoms with Crippen LogP contribution in [0.3, 0.4) is 0 Å². The van der Waals surface area contributed by atoms with E-state index in [1.165, 1.54) is 12.8 Å². The van der Waals surface area contributed by atoms with E-state index in [1.54, 1.807) is 4.90 Å². The SMILES string of the molecule is NC1CN(C2CCN(Cc3ccc4c(c3)C(=O)N(C3CCC(=O)NC3=O)C4)CC2)C1. The molecule has 1 unspecified atom stereocenters. The third kappa shape index (κ3) is 3.64. The second-order valence-electron chi connectivity index (χ2n) is 9.11.